The minimum atomic E-state index is 1.10. The Labute approximate surface area is 260 Å². The first-order valence-corrected chi connectivity index (χ1v) is 15.0. The molecule has 0 spiro atoms. The van der Waals surface area contributed by atoms with Crippen LogP contribution in [0.5, 0.6) is 0 Å². The fourth-order valence-electron chi connectivity index (χ4n) is 5.36. The van der Waals surface area contributed by atoms with E-state index < -0.39 is 0 Å². The van der Waals surface area contributed by atoms with Crippen LogP contribution in [-0.2, 0) is 0 Å². The molecule has 0 amide bonds. The second-order valence-electron chi connectivity index (χ2n) is 10.3. The summed E-state index contributed by atoms with van der Waals surface area (Å²) in [5.41, 5.74) is 18.1. The van der Waals surface area contributed by atoms with Crippen LogP contribution in [0.4, 0.5) is 0 Å². The lowest BCUT2D eigenvalue weighted by atomic mass is 9.91. The standard InChI is InChI=1S/C39H27N3.H4NP/c1-7-28(34-13-4-16-40-25-34)19-31(10-1)37-22-38(32-11-2-8-29(20-32)35-14-5-17-41-26-35)24-39(23-37)33-12-3-9-30(21-33)36-15-6-18-42-27-36;1-2/h1-27H;1-2H2. The number of aromatic nitrogens is 3. The maximum absolute atomic E-state index is 4.42. The van der Waals surface area contributed by atoms with E-state index in [0.29, 0.717) is 0 Å². The second kappa shape index (κ2) is 13.8. The third-order valence-electron chi connectivity index (χ3n) is 7.51. The van der Waals surface area contributed by atoms with Crippen molar-refractivity contribution >= 4 is 9.39 Å². The normalized spacial score (nSPS) is 10.5. The summed E-state index contributed by atoms with van der Waals surface area (Å²) >= 11 is 0. The average molecular weight is 587 g/mol. The van der Waals surface area contributed by atoms with Gasteiger partial charge in [-0.05, 0) is 105 Å². The van der Waals surface area contributed by atoms with Gasteiger partial charge in [0.15, 0.2) is 0 Å². The van der Waals surface area contributed by atoms with Crippen LogP contribution in [0.25, 0.3) is 66.8 Å². The molecule has 3 aromatic heterocycles. The third-order valence-corrected chi connectivity index (χ3v) is 7.51. The number of nitrogens with zero attached hydrogens (tertiary/aromatic N) is 3. The molecule has 7 rings (SSSR count). The molecule has 4 aromatic carbocycles. The summed E-state index contributed by atoms with van der Waals surface area (Å²) in [5.74, 6) is 0. The first kappa shape index (κ1) is 28.8. The van der Waals surface area contributed by atoms with Gasteiger partial charge in [-0.3, -0.25) is 15.0 Å². The first-order chi connectivity index (χ1) is 21.8. The monoisotopic (exact) mass is 586 g/mol. The fourth-order valence-corrected chi connectivity index (χ4v) is 5.36. The summed E-state index contributed by atoms with van der Waals surface area (Å²) in [4.78, 5) is 13.0. The first-order valence-electron chi connectivity index (χ1n) is 14.3. The molecule has 3 heterocycles. The van der Waals surface area contributed by atoms with Crippen LogP contribution in [0, 0.1) is 0 Å². The van der Waals surface area contributed by atoms with Gasteiger partial charge in [-0.2, -0.15) is 0 Å². The Hall–Kier alpha value is -5.28. The summed E-state index contributed by atoms with van der Waals surface area (Å²) in [5, 5.41) is 0. The summed E-state index contributed by atoms with van der Waals surface area (Å²) in [6.07, 6.45) is 11.2. The van der Waals surface area contributed by atoms with Gasteiger partial charge in [-0.25, -0.2) is 0 Å². The van der Waals surface area contributed by atoms with E-state index in [-0.39, 0.29) is 0 Å². The lowest BCUT2D eigenvalue weighted by molar-refractivity contribution is 1.33. The van der Waals surface area contributed by atoms with Crippen molar-refractivity contribution in [1.29, 1.82) is 0 Å². The van der Waals surface area contributed by atoms with Crippen molar-refractivity contribution in [3.05, 3.63) is 165 Å². The Kier molecular flexibility index (Phi) is 9.04. The molecule has 0 fully saturated rings. The van der Waals surface area contributed by atoms with E-state index in [1.807, 2.05) is 64.8 Å². The molecule has 0 bridgehead atoms. The zero-order valence-corrected chi connectivity index (χ0v) is 25.2. The molecule has 2 N–H and O–H groups in total. The van der Waals surface area contributed by atoms with Gasteiger partial charge >= 0.3 is 0 Å². The maximum atomic E-state index is 4.42. The van der Waals surface area contributed by atoms with Gasteiger partial charge in [0.25, 0.3) is 0 Å². The van der Waals surface area contributed by atoms with E-state index in [2.05, 4.69) is 130 Å². The van der Waals surface area contributed by atoms with Crippen LogP contribution in [0.3, 0.4) is 0 Å². The number of hydrogen-bond acceptors (Lipinski definition) is 4. The molecular formula is C39H31N4P. The number of pyridine rings is 3. The van der Waals surface area contributed by atoms with Crippen molar-refractivity contribution in [3.63, 3.8) is 0 Å². The van der Waals surface area contributed by atoms with E-state index in [4.69, 9.17) is 0 Å². The van der Waals surface area contributed by atoms with Crippen molar-refractivity contribution in [2.45, 2.75) is 0 Å². The maximum Gasteiger partial charge on any atom is 0.0346 e. The molecule has 44 heavy (non-hydrogen) atoms. The third kappa shape index (κ3) is 6.53. The van der Waals surface area contributed by atoms with Gasteiger partial charge in [0.2, 0.25) is 0 Å². The molecule has 0 saturated heterocycles. The van der Waals surface area contributed by atoms with Gasteiger partial charge in [-0.1, -0.05) is 82.2 Å². The highest BCUT2D eigenvalue weighted by molar-refractivity contribution is 7.13. The quantitative estimate of drug-likeness (QED) is 0.197. The predicted octanol–water partition coefficient (Wildman–Crippen LogP) is 9.61. The Morgan fingerprint density at radius 3 is 0.773 bits per heavy atom. The average Bonchev–Trinajstić information content (AvgIpc) is 3.13. The van der Waals surface area contributed by atoms with Crippen molar-refractivity contribution < 1.29 is 0 Å². The topological polar surface area (TPSA) is 64.7 Å². The molecule has 5 heteroatoms. The Bertz CT molecular complexity index is 1730. The molecule has 212 valence electrons. The van der Waals surface area contributed by atoms with E-state index in [1.165, 1.54) is 0 Å². The molecule has 7 aromatic rings. The minimum Gasteiger partial charge on any atom is -0.314 e. The van der Waals surface area contributed by atoms with Gasteiger partial charge in [0, 0.05) is 53.9 Å². The van der Waals surface area contributed by atoms with E-state index in [1.54, 1.807) is 0 Å². The Morgan fingerprint density at radius 1 is 0.295 bits per heavy atom. The van der Waals surface area contributed by atoms with E-state index in [9.17, 15) is 0 Å². The van der Waals surface area contributed by atoms with Crippen LogP contribution in [-0.4, -0.2) is 15.0 Å². The zero-order chi connectivity index (χ0) is 30.1. The van der Waals surface area contributed by atoms with Crippen molar-refractivity contribution in [2.75, 3.05) is 0 Å². The summed E-state index contributed by atoms with van der Waals surface area (Å²) in [6.45, 7) is 0. The van der Waals surface area contributed by atoms with Crippen LogP contribution in [0.15, 0.2) is 165 Å². The van der Waals surface area contributed by atoms with E-state index >= 15 is 0 Å². The Morgan fingerprint density at radius 2 is 0.523 bits per heavy atom. The number of rotatable bonds is 6. The van der Waals surface area contributed by atoms with Gasteiger partial charge < -0.3 is 5.50 Å². The van der Waals surface area contributed by atoms with Crippen molar-refractivity contribution in [1.82, 2.24) is 15.0 Å². The van der Waals surface area contributed by atoms with Crippen LogP contribution < -0.4 is 5.50 Å². The molecule has 1 atom stereocenters. The summed E-state index contributed by atoms with van der Waals surface area (Å²) in [7, 11) is 1.92. The second-order valence-corrected chi connectivity index (χ2v) is 10.3. The molecule has 1 unspecified atom stereocenters. The lowest BCUT2D eigenvalue weighted by Gasteiger charge is -2.14. The fraction of sp³-hybridized carbons (Fsp3) is 0. The van der Waals surface area contributed by atoms with Crippen molar-refractivity contribution in [3.8, 4) is 66.8 Å². The predicted molar refractivity (Wildman–Crippen MR) is 186 cm³/mol. The SMILES string of the molecule is NP.c1cncc(-c2cccc(-c3cc(-c4cccc(-c5cccnc5)c4)cc(-c4cccc(-c5cccnc5)c4)c3)c2)c1. The molecule has 0 aliphatic heterocycles. The Balaban J connectivity index is 0.00000168. The molecule has 4 nitrogen and oxygen atoms in total. The number of hydrogen-bond donors (Lipinski definition) is 1. The molecule has 0 saturated carbocycles. The molecule has 0 aliphatic carbocycles. The number of nitrogens with two attached hydrogens (primary N) is 1. The highest BCUT2D eigenvalue weighted by Crippen LogP contribution is 2.36. The smallest absolute Gasteiger partial charge is 0.0346 e. The van der Waals surface area contributed by atoms with Crippen LogP contribution in [0.1, 0.15) is 0 Å². The van der Waals surface area contributed by atoms with Crippen molar-refractivity contribution in [2.24, 2.45) is 5.50 Å². The summed E-state index contributed by atoms with van der Waals surface area (Å²) < 4.78 is 0. The summed E-state index contributed by atoms with van der Waals surface area (Å²) in [6, 6.07) is 45.2. The van der Waals surface area contributed by atoms with E-state index in [0.717, 1.165) is 66.8 Å². The lowest BCUT2D eigenvalue weighted by Crippen LogP contribution is -1.89. The molecule has 0 radical (unpaired) electrons. The minimum absolute atomic E-state index is 1.10. The van der Waals surface area contributed by atoms with Gasteiger partial charge in [0.05, 0.1) is 0 Å². The number of benzene rings is 4. The van der Waals surface area contributed by atoms with Crippen LogP contribution in [0.2, 0.25) is 0 Å². The highest BCUT2D eigenvalue weighted by Gasteiger charge is 2.11. The van der Waals surface area contributed by atoms with Crippen LogP contribution >= 0.6 is 9.39 Å². The highest BCUT2D eigenvalue weighted by atomic mass is 31.0. The molecular weight excluding hydrogens is 555 g/mol. The zero-order valence-electron chi connectivity index (χ0n) is 24.1. The largest absolute Gasteiger partial charge is 0.314 e. The van der Waals surface area contributed by atoms with Gasteiger partial charge in [-0.15, -0.1) is 0 Å². The molecule has 0 aliphatic rings. The van der Waals surface area contributed by atoms with Gasteiger partial charge in [0.1, 0.15) is 0 Å².